The Labute approximate surface area is 389 Å². The highest BCUT2D eigenvalue weighted by atomic mass is 14.4. The van der Waals surface area contributed by atoms with Crippen molar-refractivity contribution in [1.29, 1.82) is 0 Å². The molecule has 0 unspecified atom stereocenters. The van der Waals surface area contributed by atoms with E-state index in [0.717, 1.165) is 19.3 Å². The molecule has 0 heteroatoms. The summed E-state index contributed by atoms with van der Waals surface area (Å²) >= 11 is 0. The fourth-order valence-electron chi connectivity index (χ4n) is 9.75. The van der Waals surface area contributed by atoms with Gasteiger partial charge in [0, 0.05) is 5.41 Å². The zero-order chi connectivity index (χ0) is 43.8. The van der Waals surface area contributed by atoms with Crippen molar-refractivity contribution in [3.8, 4) is 44.5 Å². The summed E-state index contributed by atoms with van der Waals surface area (Å²) in [7, 11) is 0. The molecular formula is C64H76. The van der Waals surface area contributed by atoms with Crippen LogP contribution in [0.15, 0.2) is 157 Å². The van der Waals surface area contributed by atoms with Crippen molar-refractivity contribution in [2.45, 2.75) is 134 Å². The van der Waals surface area contributed by atoms with E-state index in [1.807, 2.05) is 13.8 Å². The number of hydrogen-bond acceptors (Lipinski definition) is 0. The van der Waals surface area contributed by atoms with Crippen LogP contribution in [0.1, 0.15) is 146 Å². The minimum Gasteiger partial charge on any atom is -0.0836 e. The van der Waals surface area contributed by atoms with Crippen LogP contribution in [0.4, 0.5) is 0 Å². The molecule has 0 saturated carbocycles. The molecule has 0 amide bonds. The molecular weight excluding hydrogens is 769 g/mol. The third-order valence-electron chi connectivity index (χ3n) is 13.1. The van der Waals surface area contributed by atoms with Gasteiger partial charge in [-0.25, -0.2) is 0 Å². The standard InChI is InChI=1S/C34H38.C26H24.C2H6.2CH4/c1-6-11-24-13-10-15-26(20-24)27-17-18-29-31-22-30(28-16-9-8-14-25(28)12-7-2)23(3)19-32(31)34(4,5)33(29)21-27;1-19-13-15-23(21-9-5-3-6-10-21)17-25(19)26-18-24(16-14-20(26)2)22-11-7-4-8-12-22;1-2;;/h9-10,13,15-22H,6-8,11-12,14H2,1-5H3;3,5-7,9-18H,4,8H2,1-2H3;1-2H3;2*1H4. The molecule has 64 heavy (non-hydrogen) atoms. The molecule has 332 valence electrons. The smallest absolute Gasteiger partial charge is 0.0159 e. The number of benzene rings is 6. The van der Waals surface area contributed by atoms with Crippen LogP contribution in [-0.2, 0) is 11.8 Å². The third-order valence-corrected chi connectivity index (χ3v) is 13.1. The van der Waals surface area contributed by atoms with Crippen LogP contribution in [0, 0.1) is 20.8 Å². The van der Waals surface area contributed by atoms with Gasteiger partial charge in [-0.1, -0.05) is 202 Å². The van der Waals surface area contributed by atoms with Gasteiger partial charge in [0.1, 0.15) is 0 Å². The first-order chi connectivity index (χ1) is 30.2. The molecule has 6 aromatic rings. The predicted molar refractivity (Wildman–Crippen MR) is 286 cm³/mol. The molecule has 0 atom stereocenters. The van der Waals surface area contributed by atoms with Gasteiger partial charge in [0.05, 0.1) is 0 Å². The molecule has 0 bridgehead atoms. The Kier molecular flexibility index (Phi) is 17.1. The molecule has 0 spiro atoms. The Morgan fingerprint density at radius 1 is 0.469 bits per heavy atom. The van der Waals surface area contributed by atoms with Crippen molar-refractivity contribution < 1.29 is 0 Å². The SMILES string of the molecule is C.C.CC.CCCC1=C(c2cc3c(cc2C)C(C)(C)c2cc(-c4cccc(CCC)c4)ccc2-3)C=CCC1.Cc1ccc(C2=CCCC=C2)cc1-c1cc(-c2ccccc2)ccc1C. The summed E-state index contributed by atoms with van der Waals surface area (Å²) in [5.74, 6) is 0. The lowest BCUT2D eigenvalue weighted by molar-refractivity contribution is 0.660. The summed E-state index contributed by atoms with van der Waals surface area (Å²) in [6.45, 7) is 20.1. The molecule has 0 saturated heterocycles. The van der Waals surface area contributed by atoms with E-state index in [-0.39, 0.29) is 20.3 Å². The third kappa shape index (κ3) is 10.5. The van der Waals surface area contributed by atoms with E-state index >= 15 is 0 Å². The fourth-order valence-corrected chi connectivity index (χ4v) is 9.75. The maximum Gasteiger partial charge on any atom is 0.0159 e. The van der Waals surface area contributed by atoms with Crippen LogP contribution in [-0.4, -0.2) is 0 Å². The Hall–Kier alpha value is -5.72. The van der Waals surface area contributed by atoms with Crippen molar-refractivity contribution in [2.75, 3.05) is 0 Å². The van der Waals surface area contributed by atoms with Gasteiger partial charge in [-0.15, -0.1) is 0 Å². The first-order valence-electron chi connectivity index (χ1n) is 23.6. The van der Waals surface area contributed by atoms with Gasteiger partial charge in [-0.2, -0.15) is 0 Å². The Bertz CT molecular complexity index is 2650. The summed E-state index contributed by atoms with van der Waals surface area (Å²) in [5, 5.41) is 0. The summed E-state index contributed by atoms with van der Waals surface area (Å²) in [6.07, 6.45) is 21.0. The monoisotopic (exact) mass is 845 g/mol. The molecule has 0 N–H and O–H groups in total. The van der Waals surface area contributed by atoms with Crippen molar-refractivity contribution in [2.24, 2.45) is 0 Å². The fraction of sp³-hybridized carbons (Fsp3) is 0.312. The van der Waals surface area contributed by atoms with E-state index < -0.39 is 0 Å². The number of rotatable bonds is 9. The zero-order valence-electron chi connectivity index (χ0n) is 39.1. The number of hydrogen-bond donors (Lipinski definition) is 0. The van der Waals surface area contributed by atoms with Gasteiger partial charge in [-0.3, -0.25) is 0 Å². The first-order valence-corrected chi connectivity index (χ1v) is 23.6. The quantitative estimate of drug-likeness (QED) is 0.136. The lowest BCUT2D eigenvalue weighted by atomic mass is 9.80. The molecule has 9 rings (SSSR count). The Balaban J connectivity index is 0.000000232. The topological polar surface area (TPSA) is 0 Å². The van der Waals surface area contributed by atoms with Gasteiger partial charge >= 0.3 is 0 Å². The minimum absolute atomic E-state index is 0. The average Bonchev–Trinajstić information content (AvgIpc) is 3.52. The molecule has 0 aromatic heterocycles. The lowest BCUT2D eigenvalue weighted by Crippen LogP contribution is -2.15. The zero-order valence-corrected chi connectivity index (χ0v) is 39.1. The molecule has 0 fully saturated rings. The maximum atomic E-state index is 2.50. The molecule has 0 nitrogen and oxygen atoms in total. The van der Waals surface area contributed by atoms with Gasteiger partial charge in [0.25, 0.3) is 0 Å². The van der Waals surface area contributed by atoms with Crippen LogP contribution in [0.3, 0.4) is 0 Å². The van der Waals surface area contributed by atoms with E-state index in [4.69, 9.17) is 0 Å². The summed E-state index contributed by atoms with van der Waals surface area (Å²) in [6, 6.07) is 45.5. The average molecular weight is 845 g/mol. The van der Waals surface area contributed by atoms with E-state index in [9.17, 15) is 0 Å². The molecule has 6 aromatic carbocycles. The molecule has 0 radical (unpaired) electrons. The van der Waals surface area contributed by atoms with Crippen LogP contribution in [0.5, 0.6) is 0 Å². The van der Waals surface area contributed by atoms with Crippen LogP contribution in [0.25, 0.3) is 55.7 Å². The van der Waals surface area contributed by atoms with Gasteiger partial charge in [0.2, 0.25) is 0 Å². The second-order valence-corrected chi connectivity index (χ2v) is 17.8. The highest BCUT2D eigenvalue weighted by Gasteiger charge is 2.36. The highest BCUT2D eigenvalue weighted by Crippen LogP contribution is 2.51. The van der Waals surface area contributed by atoms with Crippen LogP contribution in [0.2, 0.25) is 0 Å². The highest BCUT2D eigenvalue weighted by molar-refractivity contribution is 5.89. The largest absolute Gasteiger partial charge is 0.0836 e. The molecule has 3 aliphatic rings. The number of allylic oxidation sites excluding steroid dienone is 8. The van der Waals surface area contributed by atoms with E-state index in [0.29, 0.717) is 0 Å². The van der Waals surface area contributed by atoms with Crippen LogP contribution >= 0.6 is 0 Å². The van der Waals surface area contributed by atoms with Gasteiger partial charge in [0.15, 0.2) is 0 Å². The van der Waals surface area contributed by atoms with Gasteiger partial charge in [-0.05, 0) is 184 Å². The summed E-state index contributed by atoms with van der Waals surface area (Å²) in [5.41, 5.74) is 26.3. The Morgan fingerprint density at radius 2 is 1.08 bits per heavy atom. The summed E-state index contributed by atoms with van der Waals surface area (Å²) in [4.78, 5) is 0. The number of fused-ring (bicyclic) bond motifs is 3. The normalized spacial score (nSPS) is 14.1. The van der Waals surface area contributed by atoms with E-state index in [2.05, 4.69) is 200 Å². The van der Waals surface area contributed by atoms with Crippen molar-refractivity contribution in [3.63, 3.8) is 0 Å². The first kappa shape index (κ1) is 49.3. The second kappa shape index (κ2) is 22.3. The number of aryl methyl sites for hydroxylation is 4. The van der Waals surface area contributed by atoms with Crippen LogP contribution < -0.4 is 0 Å². The minimum atomic E-state index is 0. The van der Waals surface area contributed by atoms with Crippen molar-refractivity contribution in [1.82, 2.24) is 0 Å². The molecule has 0 aliphatic heterocycles. The maximum absolute atomic E-state index is 2.50. The van der Waals surface area contributed by atoms with E-state index in [1.54, 1.807) is 5.57 Å². The Morgan fingerprint density at radius 3 is 1.77 bits per heavy atom. The second-order valence-electron chi connectivity index (χ2n) is 17.8. The summed E-state index contributed by atoms with van der Waals surface area (Å²) < 4.78 is 0. The predicted octanol–water partition coefficient (Wildman–Crippen LogP) is 19.5. The molecule has 3 aliphatic carbocycles. The lowest BCUT2D eigenvalue weighted by Gasteiger charge is -2.24. The van der Waals surface area contributed by atoms with Gasteiger partial charge < -0.3 is 0 Å². The van der Waals surface area contributed by atoms with E-state index in [1.165, 1.54) is 132 Å². The van der Waals surface area contributed by atoms with Crippen molar-refractivity contribution in [3.05, 3.63) is 202 Å². The molecule has 0 heterocycles. The van der Waals surface area contributed by atoms with Crippen molar-refractivity contribution >= 4 is 11.1 Å².